The lowest BCUT2D eigenvalue weighted by Gasteiger charge is -2.28. The number of likely N-dealkylation sites (N-methyl/N-ethyl adjacent to an activating group) is 1. The van der Waals surface area contributed by atoms with Gasteiger partial charge in [-0.25, -0.2) is 0 Å². The summed E-state index contributed by atoms with van der Waals surface area (Å²) in [7, 11) is 4.18. The average molecular weight is 372 g/mol. The molecule has 0 aliphatic carbocycles. The molecular weight excluding hydrogens is 342 g/mol. The predicted octanol–water partition coefficient (Wildman–Crippen LogP) is 3.17. The second-order valence-corrected chi connectivity index (χ2v) is 8.53. The van der Waals surface area contributed by atoms with Crippen molar-refractivity contribution >= 4 is 17.3 Å². The average Bonchev–Trinajstić information content (AvgIpc) is 3.18. The van der Waals surface area contributed by atoms with Crippen LogP contribution in [-0.2, 0) is 5.54 Å². The zero-order valence-corrected chi connectivity index (χ0v) is 17.1. The van der Waals surface area contributed by atoms with Gasteiger partial charge in [0.05, 0.1) is 17.8 Å². The minimum absolute atomic E-state index is 0.0553. The number of pyridine rings is 1. The Balaban J connectivity index is 1.97. The molecule has 2 aromatic rings. The number of hydrogen-bond acceptors (Lipinski definition) is 3. The van der Waals surface area contributed by atoms with Gasteiger partial charge in [0.2, 0.25) is 0 Å². The lowest BCUT2D eigenvalue weighted by molar-refractivity contribution is 0.277. The molecule has 1 aliphatic rings. The van der Waals surface area contributed by atoms with E-state index in [0.29, 0.717) is 0 Å². The van der Waals surface area contributed by atoms with Crippen LogP contribution in [0.5, 0.6) is 0 Å². The molecule has 5 nitrogen and oxygen atoms in total. The molecule has 0 unspecified atom stereocenters. The number of aromatic nitrogens is 2. The Morgan fingerprint density at radius 2 is 2.00 bits per heavy atom. The molecule has 0 aromatic carbocycles. The van der Waals surface area contributed by atoms with E-state index >= 15 is 0 Å². The Morgan fingerprint density at radius 1 is 1.23 bits per heavy atom. The van der Waals surface area contributed by atoms with Gasteiger partial charge in [-0.15, -0.1) is 0 Å². The van der Waals surface area contributed by atoms with Crippen molar-refractivity contribution in [1.82, 2.24) is 24.7 Å². The minimum Gasteiger partial charge on any atom is -0.352 e. The first-order valence-corrected chi connectivity index (χ1v) is 9.49. The van der Waals surface area contributed by atoms with Crippen molar-refractivity contribution in [2.75, 3.05) is 27.2 Å². The maximum absolute atomic E-state index is 5.69. The molecule has 26 heavy (non-hydrogen) atoms. The molecule has 3 heterocycles. The monoisotopic (exact) mass is 371 g/mol. The standard InChI is InChI=1S/C20H29N5S/c1-20(2,3)24-11-9-15(14-24)18-17(16-8-6-7-10-21-16)22-19(26)25(18)13-12-23(4)5/h6-11,14,17-18H,12-13H2,1-5H3,(H,22,26)/t17-,18-/m1/s1. The van der Waals surface area contributed by atoms with Crippen molar-refractivity contribution in [1.29, 1.82) is 0 Å². The van der Waals surface area contributed by atoms with E-state index in [1.165, 1.54) is 5.56 Å². The van der Waals surface area contributed by atoms with E-state index in [2.05, 4.69) is 84.1 Å². The van der Waals surface area contributed by atoms with Crippen molar-refractivity contribution in [3.63, 3.8) is 0 Å². The predicted molar refractivity (Wildman–Crippen MR) is 110 cm³/mol. The van der Waals surface area contributed by atoms with Crippen molar-refractivity contribution < 1.29 is 0 Å². The zero-order chi connectivity index (χ0) is 18.9. The maximum Gasteiger partial charge on any atom is 0.170 e. The van der Waals surface area contributed by atoms with Gasteiger partial charge in [0, 0.05) is 37.2 Å². The molecule has 2 atom stereocenters. The molecule has 1 fully saturated rings. The zero-order valence-electron chi connectivity index (χ0n) is 16.3. The molecular formula is C20H29N5S. The van der Waals surface area contributed by atoms with Gasteiger partial charge in [-0.3, -0.25) is 4.98 Å². The lowest BCUT2D eigenvalue weighted by atomic mass is 9.99. The van der Waals surface area contributed by atoms with E-state index in [4.69, 9.17) is 12.2 Å². The number of hydrogen-bond donors (Lipinski definition) is 1. The summed E-state index contributed by atoms with van der Waals surface area (Å²) >= 11 is 5.69. The summed E-state index contributed by atoms with van der Waals surface area (Å²) in [4.78, 5) is 9.08. The number of rotatable bonds is 5. The van der Waals surface area contributed by atoms with Crippen molar-refractivity contribution in [2.24, 2.45) is 0 Å². The Bertz CT molecular complexity index is 747. The fourth-order valence-corrected chi connectivity index (χ4v) is 3.65. The summed E-state index contributed by atoms with van der Waals surface area (Å²) in [5.41, 5.74) is 2.34. The Labute approximate surface area is 162 Å². The van der Waals surface area contributed by atoms with Gasteiger partial charge in [0.25, 0.3) is 0 Å². The van der Waals surface area contributed by atoms with Crippen LogP contribution in [0.15, 0.2) is 42.9 Å². The fraction of sp³-hybridized carbons (Fsp3) is 0.500. The fourth-order valence-electron chi connectivity index (χ4n) is 3.32. The van der Waals surface area contributed by atoms with Crippen molar-refractivity contribution in [3.05, 3.63) is 54.1 Å². The van der Waals surface area contributed by atoms with Crippen molar-refractivity contribution in [3.8, 4) is 0 Å². The highest BCUT2D eigenvalue weighted by atomic mass is 32.1. The molecule has 0 spiro atoms. The third-order valence-electron chi connectivity index (χ3n) is 4.82. The highest BCUT2D eigenvalue weighted by Crippen LogP contribution is 2.38. The van der Waals surface area contributed by atoms with E-state index in [1.807, 2.05) is 18.3 Å². The first-order valence-electron chi connectivity index (χ1n) is 9.08. The summed E-state index contributed by atoms with van der Waals surface area (Å²) in [5.74, 6) is 0. The van der Waals surface area contributed by atoms with Gasteiger partial charge in [-0.05, 0) is 70.8 Å². The van der Waals surface area contributed by atoms with E-state index in [-0.39, 0.29) is 17.6 Å². The van der Waals surface area contributed by atoms with Gasteiger partial charge in [0.15, 0.2) is 5.11 Å². The van der Waals surface area contributed by atoms with Crippen LogP contribution in [0.25, 0.3) is 0 Å². The molecule has 140 valence electrons. The molecule has 2 aromatic heterocycles. The Kier molecular flexibility index (Phi) is 5.34. The Hall–Kier alpha value is -1.92. The van der Waals surface area contributed by atoms with E-state index < -0.39 is 0 Å². The summed E-state index contributed by atoms with van der Waals surface area (Å²) in [6.45, 7) is 8.48. The molecule has 0 radical (unpaired) electrons. The molecule has 1 N–H and O–H groups in total. The Morgan fingerprint density at radius 3 is 2.58 bits per heavy atom. The molecule has 0 amide bonds. The second-order valence-electron chi connectivity index (χ2n) is 8.15. The first-order chi connectivity index (χ1) is 12.3. The number of thiocarbonyl (C=S) groups is 1. The van der Waals surface area contributed by atoms with Crippen LogP contribution in [0, 0.1) is 0 Å². The quantitative estimate of drug-likeness (QED) is 0.817. The van der Waals surface area contributed by atoms with Crippen LogP contribution < -0.4 is 5.32 Å². The summed E-state index contributed by atoms with van der Waals surface area (Å²) in [6.07, 6.45) is 6.26. The molecule has 0 saturated carbocycles. The van der Waals surface area contributed by atoms with Crippen molar-refractivity contribution in [2.45, 2.75) is 38.4 Å². The maximum atomic E-state index is 5.69. The van der Waals surface area contributed by atoms with Crippen LogP contribution in [0.3, 0.4) is 0 Å². The molecule has 6 heteroatoms. The van der Waals surface area contributed by atoms with E-state index in [1.54, 1.807) is 0 Å². The second kappa shape index (κ2) is 7.37. The number of nitrogens with one attached hydrogen (secondary N) is 1. The van der Waals surface area contributed by atoms with E-state index in [0.717, 1.165) is 23.9 Å². The number of nitrogens with zero attached hydrogens (tertiary/aromatic N) is 4. The lowest BCUT2D eigenvalue weighted by Crippen LogP contribution is -2.35. The summed E-state index contributed by atoms with van der Waals surface area (Å²) < 4.78 is 2.27. The highest BCUT2D eigenvalue weighted by Gasteiger charge is 2.40. The van der Waals surface area contributed by atoms with Crippen LogP contribution >= 0.6 is 12.2 Å². The van der Waals surface area contributed by atoms with Gasteiger partial charge in [-0.2, -0.15) is 0 Å². The van der Waals surface area contributed by atoms with Gasteiger partial charge < -0.3 is 19.7 Å². The normalized spacial score (nSPS) is 20.7. The molecule has 1 aliphatic heterocycles. The summed E-state index contributed by atoms with van der Waals surface area (Å²) in [6, 6.07) is 8.47. The third kappa shape index (κ3) is 3.91. The third-order valence-corrected chi connectivity index (χ3v) is 5.17. The highest BCUT2D eigenvalue weighted by molar-refractivity contribution is 7.80. The minimum atomic E-state index is 0.0553. The first kappa shape index (κ1) is 18.9. The topological polar surface area (TPSA) is 36.3 Å². The van der Waals surface area contributed by atoms with Crippen LogP contribution in [-0.4, -0.2) is 51.6 Å². The van der Waals surface area contributed by atoms with Crippen LogP contribution in [0.1, 0.15) is 44.1 Å². The largest absolute Gasteiger partial charge is 0.352 e. The molecule has 3 rings (SSSR count). The summed E-state index contributed by atoms with van der Waals surface area (Å²) in [5, 5.41) is 4.31. The molecule has 0 bridgehead atoms. The van der Waals surface area contributed by atoms with Gasteiger partial charge in [0.1, 0.15) is 0 Å². The SMILES string of the molecule is CN(C)CCN1C(=S)N[C@H](c2ccccn2)[C@H]1c1ccn(C(C)(C)C)c1. The smallest absolute Gasteiger partial charge is 0.170 e. The molecule has 1 saturated heterocycles. The van der Waals surface area contributed by atoms with Crippen LogP contribution in [0.4, 0.5) is 0 Å². The van der Waals surface area contributed by atoms with Crippen LogP contribution in [0.2, 0.25) is 0 Å². The van der Waals surface area contributed by atoms with E-state index in [9.17, 15) is 0 Å². The van der Waals surface area contributed by atoms with Gasteiger partial charge in [-0.1, -0.05) is 6.07 Å². The van der Waals surface area contributed by atoms with Gasteiger partial charge >= 0.3 is 0 Å².